The van der Waals surface area contributed by atoms with Crippen molar-refractivity contribution in [3.63, 3.8) is 0 Å². The van der Waals surface area contributed by atoms with Crippen molar-refractivity contribution in [2.45, 2.75) is 57.3 Å². The Bertz CT molecular complexity index is 694. The second kappa shape index (κ2) is 8.54. The highest BCUT2D eigenvalue weighted by Gasteiger charge is 2.27. The van der Waals surface area contributed by atoms with Gasteiger partial charge in [-0.2, -0.15) is 0 Å². The predicted molar refractivity (Wildman–Crippen MR) is 97.8 cm³/mol. The molecule has 1 aromatic heterocycles. The molecule has 1 atom stereocenters. The minimum atomic E-state index is -1.60. The van der Waals surface area contributed by atoms with Crippen molar-refractivity contribution in [3.8, 4) is 0 Å². The van der Waals surface area contributed by atoms with Crippen molar-refractivity contribution in [3.05, 3.63) is 36.1 Å². The largest absolute Gasteiger partial charge is 0.475 e. The lowest BCUT2D eigenvalue weighted by molar-refractivity contribution is -0.121. The van der Waals surface area contributed by atoms with Crippen LogP contribution in [0.1, 0.15) is 50.5 Å². The van der Waals surface area contributed by atoms with E-state index in [4.69, 9.17) is 4.42 Å². The van der Waals surface area contributed by atoms with E-state index in [1.165, 1.54) is 32.1 Å². The Morgan fingerprint density at radius 3 is 2.76 bits per heavy atom. The lowest BCUT2D eigenvalue weighted by atomic mass is 9.75. The molecule has 1 amide bonds. The zero-order valence-corrected chi connectivity index (χ0v) is 14.5. The third-order valence-electron chi connectivity index (χ3n) is 5.21. The van der Waals surface area contributed by atoms with Crippen LogP contribution in [0.25, 0.3) is 11.0 Å². The van der Waals surface area contributed by atoms with Crippen molar-refractivity contribution < 1.29 is 19.3 Å². The molecule has 5 nitrogen and oxygen atoms in total. The van der Waals surface area contributed by atoms with E-state index in [1.807, 2.05) is 24.3 Å². The van der Waals surface area contributed by atoms with Crippen molar-refractivity contribution in [1.29, 1.82) is 0 Å². The van der Waals surface area contributed by atoms with Crippen LogP contribution in [0.2, 0.25) is 0 Å². The molecular formula is C19H26BNO4. The molecule has 1 aromatic carbocycles. The number of benzene rings is 1. The summed E-state index contributed by atoms with van der Waals surface area (Å²) in [7, 11) is -1.60. The number of carbonyl (C=O) groups excluding carboxylic acids is 1. The molecule has 0 radical (unpaired) electrons. The average molecular weight is 343 g/mol. The highest BCUT2D eigenvalue weighted by Crippen LogP contribution is 2.27. The van der Waals surface area contributed by atoms with Gasteiger partial charge in [0.1, 0.15) is 5.58 Å². The molecule has 0 saturated heterocycles. The zero-order valence-electron chi connectivity index (χ0n) is 14.5. The van der Waals surface area contributed by atoms with Crippen LogP contribution < -0.4 is 5.32 Å². The summed E-state index contributed by atoms with van der Waals surface area (Å²) in [5, 5.41) is 23.0. The molecule has 1 aliphatic carbocycles. The van der Waals surface area contributed by atoms with Crippen molar-refractivity contribution in [2.24, 2.45) is 5.92 Å². The molecule has 0 spiro atoms. The number of hydrogen-bond acceptors (Lipinski definition) is 4. The smallest absolute Gasteiger partial charge is 0.464 e. The first kappa shape index (κ1) is 18.0. The topological polar surface area (TPSA) is 82.7 Å². The zero-order chi connectivity index (χ0) is 17.6. The van der Waals surface area contributed by atoms with Crippen molar-refractivity contribution >= 4 is 24.0 Å². The number of rotatable bonds is 7. The first-order chi connectivity index (χ1) is 12.1. The number of para-hydroxylation sites is 1. The monoisotopic (exact) mass is 343 g/mol. The minimum absolute atomic E-state index is 0.114. The van der Waals surface area contributed by atoms with Crippen LogP contribution >= 0.6 is 0 Å². The summed E-state index contributed by atoms with van der Waals surface area (Å²) >= 11 is 0. The van der Waals surface area contributed by atoms with E-state index in [2.05, 4.69) is 5.32 Å². The van der Waals surface area contributed by atoms with E-state index in [0.717, 1.165) is 23.0 Å². The van der Waals surface area contributed by atoms with Crippen LogP contribution in [-0.2, 0) is 11.2 Å². The summed E-state index contributed by atoms with van der Waals surface area (Å²) in [4.78, 5) is 12.2. The van der Waals surface area contributed by atoms with Gasteiger partial charge in [-0.3, -0.25) is 4.79 Å². The van der Waals surface area contributed by atoms with Gasteiger partial charge in [0.2, 0.25) is 5.91 Å². The Kier molecular flexibility index (Phi) is 6.16. The average Bonchev–Trinajstić information content (AvgIpc) is 3.03. The van der Waals surface area contributed by atoms with E-state index in [0.29, 0.717) is 18.8 Å². The first-order valence-electron chi connectivity index (χ1n) is 9.24. The Hall–Kier alpha value is -1.79. The molecule has 0 bridgehead atoms. The van der Waals surface area contributed by atoms with Gasteiger partial charge in [0, 0.05) is 11.8 Å². The van der Waals surface area contributed by atoms with Gasteiger partial charge in [0.05, 0.1) is 12.2 Å². The van der Waals surface area contributed by atoms with Crippen LogP contribution in [0, 0.1) is 5.92 Å². The van der Waals surface area contributed by atoms with E-state index < -0.39 is 13.1 Å². The van der Waals surface area contributed by atoms with Crippen LogP contribution in [0.4, 0.5) is 0 Å². The molecule has 1 fully saturated rings. The van der Waals surface area contributed by atoms with Crippen LogP contribution in [-0.4, -0.2) is 29.0 Å². The molecule has 25 heavy (non-hydrogen) atoms. The Balaban J connectivity index is 1.56. The Morgan fingerprint density at radius 2 is 2.00 bits per heavy atom. The number of nitrogens with one attached hydrogen (secondary N) is 1. The number of carbonyl (C=O) groups is 1. The van der Waals surface area contributed by atoms with E-state index in [9.17, 15) is 14.8 Å². The fraction of sp³-hybridized carbons (Fsp3) is 0.526. The molecule has 1 saturated carbocycles. The Morgan fingerprint density at radius 1 is 1.24 bits per heavy atom. The second-order valence-electron chi connectivity index (χ2n) is 7.09. The van der Waals surface area contributed by atoms with Gasteiger partial charge in [-0.1, -0.05) is 50.3 Å². The SMILES string of the molecule is O=C(CCC1CCCCC1)NC(Cc1coc2ccccc12)B(O)O. The highest BCUT2D eigenvalue weighted by atomic mass is 16.4. The number of fused-ring (bicyclic) bond motifs is 1. The third kappa shape index (κ3) is 4.86. The van der Waals surface area contributed by atoms with Gasteiger partial charge in [0.15, 0.2) is 0 Å². The molecule has 2 aromatic rings. The van der Waals surface area contributed by atoms with E-state index in [-0.39, 0.29) is 5.91 Å². The van der Waals surface area contributed by atoms with E-state index in [1.54, 1.807) is 6.26 Å². The number of amides is 1. The lowest BCUT2D eigenvalue weighted by Gasteiger charge is -2.22. The number of furan rings is 1. The van der Waals surface area contributed by atoms with Gasteiger partial charge in [-0.15, -0.1) is 0 Å². The molecule has 0 aliphatic heterocycles. The van der Waals surface area contributed by atoms with Crippen molar-refractivity contribution in [1.82, 2.24) is 5.32 Å². The summed E-state index contributed by atoms with van der Waals surface area (Å²) in [5.41, 5.74) is 1.62. The maximum absolute atomic E-state index is 12.2. The van der Waals surface area contributed by atoms with Gasteiger partial charge in [-0.05, 0) is 30.4 Å². The second-order valence-corrected chi connectivity index (χ2v) is 7.09. The van der Waals surface area contributed by atoms with E-state index >= 15 is 0 Å². The van der Waals surface area contributed by atoms with Crippen LogP contribution in [0.15, 0.2) is 34.9 Å². The minimum Gasteiger partial charge on any atom is -0.464 e. The molecule has 134 valence electrons. The normalized spacial score (nSPS) is 16.7. The number of hydrogen-bond donors (Lipinski definition) is 3. The fourth-order valence-corrected chi connectivity index (χ4v) is 3.75. The molecule has 1 heterocycles. The molecule has 3 N–H and O–H groups in total. The van der Waals surface area contributed by atoms with Crippen molar-refractivity contribution in [2.75, 3.05) is 0 Å². The van der Waals surface area contributed by atoms with Crippen LogP contribution in [0.3, 0.4) is 0 Å². The fourth-order valence-electron chi connectivity index (χ4n) is 3.75. The summed E-state index contributed by atoms with van der Waals surface area (Å²) in [6.07, 6.45) is 9.52. The molecule has 1 unspecified atom stereocenters. The van der Waals surface area contributed by atoms with Gasteiger partial charge in [0.25, 0.3) is 0 Å². The summed E-state index contributed by atoms with van der Waals surface area (Å²) in [5.74, 6) is -0.217. The maximum Gasteiger partial charge on any atom is 0.475 e. The quantitative estimate of drug-likeness (QED) is 0.675. The maximum atomic E-state index is 12.2. The first-order valence-corrected chi connectivity index (χ1v) is 9.24. The predicted octanol–water partition coefficient (Wildman–Crippen LogP) is 2.83. The molecule has 6 heteroatoms. The standard InChI is InChI=1S/C19H26BNO4/c22-19(11-10-14-6-2-1-3-7-14)21-18(20(23)24)12-15-13-25-17-9-5-4-8-16(15)17/h4-5,8-9,13-14,18,23-24H,1-3,6-7,10-12H2,(H,21,22). The molecule has 3 rings (SSSR count). The summed E-state index contributed by atoms with van der Waals surface area (Å²) in [6.45, 7) is 0. The molecule has 1 aliphatic rings. The summed E-state index contributed by atoms with van der Waals surface area (Å²) < 4.78 is 5.49. The Labute approximate surface area is 148 Å². The van der Waals surface area contributed by atoms with Gasteiger partial charge < -0.3 is 19.8 Å². The highest BCUT2D eigenvalue weighted by molar-refractivity contribution is 6.43. The van der Waals surface area contributed by atoms with Crippen LogP contribution in [0.5, 0.6) is 0 Å². The lowest BCUT2D eigenvalue weighted by Crippen LogP contribution is -2.47. The molecular weight excluding hydrogens is 317 g/mol. The third-order valence-corrected chi connectivity index (χ3v) is 5.21. The summed E-state index contributed by atoms with van der Waals surface area (Å²) in [6, 6.07) is 7.60. The van der Waals surface area contributed by atoms with Gasteiger partial charge >= 0.3 is 7.12 Å². The van der Waals surface area contributed by atoms with Gasteiger partial charge in [-0.25, -0.2) is 0 Å².